The number of hydrogen-bond donors (Lipinski definition) is 1. The van der Waals surface area contributed by atoms with Gasteiger partial charge in [0.15, 0.2) is 5.76 Å². The Kier molecular flexibility index (Phi) is 6.01. The normalized spacial score (nSPS) is 16.8. The standard InChI is InChI=1S/C15H27N3O2/c1-4-12(2)18(7-8-19-3)11-15-9-14(17-20-15)10-16-13-5-6-13/h9,12-13,16H,4-8,10-11H2,1-3H3. The molecule has 1 aromatic heterocycles. The highest BCUT2D eigenvalue weighted by molar-refractivity contribution is 5.06. The van der Waals surface area contributed by atoms with E-state index in [1.54, 1.807) is 7.11 Å². The van der Waals surface area contributed by atoms with E-state index in [-0.39, 0.29) is 0 Å². The maximum atomic E-state index is 5.45. The molecule has 5 heteroatoms. The lowest BCUT2D eigenvalue weighted by Gasteiger charge is -2.26. The van der Waals surface area contributed by atoms with E-state index in [0.29, 0.717) is 12.1 Å². The highest BCUT2D eigenvalue weighted by atomic mass is 16.5. The summed E-state index contributed by atoms with van der Waals surface area (Å²) in [6, 6.07) is 3.29. The van der Waals surface area contributed by atoms with Crippen molar-refractivity contribution < 1.29 is 9.26 Å². The molecule has 2 rings (SSSR count). The Morgan fingerprint density at radius 2 is 2.35 bits per heavy atom. The molecule has 0 aromatic carbocycles. The van der Waals surface area contributed by atoms with Crippen LogP contribution >= 0.6 is 0 Å². The van der Waals surface area contributed by atoms with Gasteiger partial charge in [-0.05, 0) is 26.2 Å². The molecule has 0 saturated heterocycles. The van der Waals surface area contributed by atoms with Gasteiger partial charge in [-0.1, -0.05) is 12.1 Å². The fourth-order valence-electron chi connectivity index (χ4n) is 2.17. The predicted molar refractivity (Wildman–Crippen MR) is 78.4 cm³/mol. The second kappa shape index (κ2) is 7.76. The van der Waals surface area contributed by atoms with Crippen molar-refractivity contribution >= 4 is 0 Å². The van der Waals surface area contributed by atoms with Gasteiger partial charge in [-0.15, -0.1) is 0 Å². The number of rotatable bonds is 10. The van der Waals surface area contributed by atoms with Crippen molar-refractivity contribution in [1.29, 1.82) is 0 Å². The van der Waals surface area contributed by atoms with Crippen molar-refractivity contribution in [3.05, 3.63) is 17.5 Å². The van der Waals surface area contributed by atoms with Crippen molar-refractivity contribution in [3.8, 4) is 0 Å². The largest absolute Gasteiger partial charge is 0.383 e. The zero-order valence-corrected chi connectivity index (χ0v) is 12.9. The molecule has 0 bridgehead atoms. The predicted octanol–water partition coefficient (Wildman–Crippen LogP) is 2.17. The maximum absolute atomic E-state index is 5.45. The molecule has 1 aromatic rings. The third-order valence-corrected chi connectivity index (χ3v) is 3.91. The summed E-state index contributed by atoms with van der Waals surface area (Å²) in [4.78, 5) is 2.38. The van der Waals surface area contributed by atoms with E-state index in [4.69, 9.17) is 9.26 Å². The fourth-order valence-corrected chi connectivity index (χ4v) is 2.17. The molecule has 1 aliphatic carbocycles. The van der Waals surface area contributed by atoms with Crippen LogP contribution in [0.4, 0.5) is 0 Å². The molecule has 1 atom stereocenters. The van der Waals surface area contributed by atoms with Crippen molar-refractivity contribution in [1.82, 2.24) is 15.4 Å². The van der Waals surface area contributed by atoms with Crippen LogP contribution in [0.3, 0.4) is 0 Å². The van der Waals surface area contributed by atoms with Crippen LogP contribution < -0.4 is 5.32 Å². The Morgan fingerprint density at radius 3 is 3.00 bits per heavy atom. The SMILES string of the molecule is CCC(C)N(CCOC)Cc1cc(CNC2CC2)no1. The summed E-state index contributed by atoms with van der Waals surface area (Å²) in [6.45, 7) is 7.72. The number of aromatic nitrogens is 1. The fraction of sp³-hybridized carbons (Fsp3) is 0.800. The average Bonchev–Trinajstić information content (AvgIpc) is 3.19. The van der Waals surface area contributed by atoms with Crippen LogP contribution in [0.1, 0.15) is 44.6 Å². The van der Waals surface area contributed by atoms with E-state index in [1.165, 1.54) is 12.8 Å². The van der Waals surface area contributed by atoms with Crippen LogP contribution in [0.25, 0.3) is 0 Å². The summed E-state index contributed by atoms with van der Waals surface area (Å²) in [7, 11) is 1.74. The number of nitrogens with one attached hydrogen (secondary N) is 1. The maximum Gasteiger partial charge on any atom is 0.151 e. The minimum absolute atomic E-state index is 0.517. The molecule has 5 nitrogen and oxygen atoms in total. The number of ether oxygens (including phenoxy) is 1. The van der Waals surface area contributed by atoms with Crippen LogP contribution in [0, 0.1) is 0 Å². The summed E-state index contributed by atoms with van der Waals surface area (Å²) in [5.74, 6) is 0.939. The Morgan fingerprint density at radius 1 is 1.55 bits per heavy atom. The van der Waals surface area contributed by atoms with Gasteiger partial charge in [-0.25, -0.2) is 0 Å². The first-order valence-electron chi connectivity index (χ1n) is 7.63. The molecule has 20 heavy (non-hydrogen) atoms. The third-order valence-electron chi connectivity index (χ3n) is 3.91. The van der Waals surface area contributed by atoms with Crippen LogP contribution in [0.2, 0.25) is 0 Å². The van der Waals surface area contributed by atoms with Gasteiger partial charge in [-0.3, -0.25) is 4.90 Å². The summed E-state index contributed by atoms with van der Waals surface area (Å²) in [5, 5.41) is 7.59. The summed E-state index contributed by atoms with van der Waals surface area (Å²) >= 11 is 0. The quantitative estimate of drug-likeness (QED) is 0.712. The van der Waals surface area contributed by atoms with Crippen LogP contribution in [0.15, 0.2) is 10.6 Å². The molecule has 0 radical (unpaired) electrons. The molecule has 1 fully saturated rings. The van der Waals surface area contributed by atoms with Crippen LogP contribution in [-0.2, 0) is 17.8 Å². The summed E-state index contributed by atoms with van der Waals surface area (Å²) in [5.41, 5.74) is 1.00. The molecule has 0 amide bonds. The Labute approximate surface area is 121 Å². The lowest BCUT2D eigenvalue weighted by molar-refractivity contribution is 0.110. The van der Waals surface area contributed by atoms with Gasteiger partial charge in [0.05, 0.1) is 18.8 Å². The zero-order valence-electron chi connectivity index (χ0n) is 12.9. The molecule has 1 heterocycles. The lowest BCUT2D eigenvalue weighted by Crippen LogP contribution is -2.34. The van der Waals surface area contributed by atoms with Gasteiger partial charge in [0.2, 0.25) is 0 Å². The first-order chi connectivity index (χ1) is 9.72. The highest BCUT2D eigenvalue weighted by Crippen LogP contribution is 2.19. The Balaban J connectivity index is 1.84. The molecular weight excluding hydrogens is 254 g/mol. The van der Waals surface area contributed by atoms with Gasteiger partial charge in [-0.2, -0.15) is 0 Å². The minimum atomic E-state index is 0.517. The molecule has 0 spiro atoms. The van der Waals surface area contributed by atoms with Gasteiger partial charge in [0.1, 0.15) is 0 Å². The minimum Gasteiger partial charge on any atom is -0.383 e. The number of methoxy groups -OCH3 is 1. The molecule has 1 aliphatic rings. The monoisotopic (exact) mass is 281 g/mol. The molecule has 1 N–H and O–H groups in total. The molecule has 0 aliphatic heterocycles. The molecule has 1 unspecified atom stereocenters. The van der Waals surface area contributed by atoms with Crippen molar-refractivity contribution in [2.24, 2.45) is 0 Å². The lowest BCUT2D eigenvalue weighted by atomic mass is 10.2. The first kappa shape index (κ1) is 15.5. The number of hydrogen-bond acceptors (Lipinski definition) is 5. The first-order valence-corrected chi connectivity index (χ1v) is 7.63. The van der Waals surface area contributed by atoms with Crippen LogP contribution in [0.5, 0.6) is 0 Å². The molecular formula is C15H27N3O2. The van der Waals surface area contributed by atoms with Gasteiger partial charge in [0, 0.05) is 38.3 Å². The molecule has 1 saturated carbocycles. The van der Waals surface area contributed by atoms with E-state index in [1.807, 2.05) is 0 Å². The van der Waals surface area contributed by atoms with Gasteiger partial charge in [0.25, 0.3) is 0 Å². The van der Waals surface area contributed by atoms with E-state index < -0.39 is 0 Å². The average molecular weight is 281 g/mol. The smallest absolute Gasteiger partial charge is 0.151 e. The second-order valence-electron chi connectivity index (χ2n) is 5.66. The van der Waals surface area contributed by atoms with E-state index in [9.17, 15) is 0 Å². The Hall–Kier alpha value is -0.910. The van der Waals surface area contributed by atoms with Crippen molar-refractivity contribution in [2.45, 2.75) is 58.3 Å². The Bertz CT molecular complexity index is 390. The highest BCUT2D eigenvalue weighted by Gasteiger charge is 2.21. The second-order valence-corrected chi connectivity index (χ2v) is 5.66. The summed E-state index contributed by atoms with van der Waals surface area (Å²) < 4.78 is 10.6. The van der Waals surface area contributed by atoms with Crippen molar-refractivity contribution in [3.63, 3.8) is 0 Å². The van der Waals surface area contributed by atoms with E-state index in [0.717, 1.165) is 44.1 Å². The third kappa shape index (κ3) is 4.89. The zero-order chi connectivity index (χ0) is 14.4. The van der Waals surface area contributed by atoms with E-state index >= 15 is 0 Å². The topological polar surface area (TPSA) is 50.5 Å². The van der Waals surface area contributed by atoms with Crippen molar-refractivity contribution in [2.75, 3.05) is 20.3 Å². The number of nitrogens with zero attached hydrogens (tertiary/aromatic N) is 2. The van der Waals surface area contributed by atoms with Gasteiger partial charge < -0.3 is 14.6 Å². The van der Waals surface area contributed by atoms with Crippen LogP contribution in [-0.4, -0.2) is 42.4 Å². The van der Waals surface area contributed by atoms with E-state index in [2.05, 4.69) is 35.3 Å². The van der Waals surface area contributed by atoms with Gasteiger partial charge >= 0.3 is 0 Å². The molecule has 114 valence electrons. The summed E-state index contributed by atoms with van der Waals surface area (Å²) in [6.07, 6.45) is 3.71.